The minimum Gasteiger partial charge on any atom is -0.497 e. The van der Waals surface area contributed by atoms with Crippen LogP contribution in [0, 0.1) is 17.3 Å². The Kier molecular flexibility index (Phi) is 8.10. The first-order valence-corrected chi connectivity index (χ1v) is 15.3. The number of fused-ring (bicyclic) bond motifs is 2. The molecule has 2 aliphatic rings. The summed E-state index contributed by atoms with van der Waals surface area (Å²) in [5.74, 6) is -1.02. The number of likely N-dealkylation sites (tertiary alicyclic amines) is 1. The largest absolute Gasteiger partial charge is 0.497 e. The smallest absolute Gasteiger partial charge is 0.255 e. The van der Waals surface area contributed by atoms with Crippen molar-refractivity contribution in [1.82, 2.24) is 4.90 Å². The molecule has 4 unspecified atom stereocenters. The van der Waals surface area contributed by atoms with Crippen LogP contribution in [0.1, 0.15) is 74.9 Å². The second kappa shape index (κ2) is 11.3. The van der Waals surface area contributed by atoms with Crippen molar-refractivity contribution in [3.63, 3.8) is 0 Å². The van der Waals surface area contributed by atoms with Gasteiger partial charge in [0.2, 0.25) is 5.91 Å². The Bertz CT molecular complexity index is 1500. The highest BCUT2D eigenvalue weighted by Crippen LogP contribution is 2.60. The van der Waals surface area contributed by atoms with Crippen LogP contribution in [0.15, 0.2) is 77.3 Å². The fourth-order valence-electron chi connectivity index (χ4n) is 6.91. The summed E-state index contributed by atoms with van der Waals surface area (Å²) >= 11 is 3.61. The average Bonchev–Trinajstić information content (AvgIpc) is 3.39. The molecule has 0 saturated carbocycles. The van der Waals surface area contributed by atoms with E-state index in [1.165, 1.54) is 0 Å². The Morgan fingerprint density at radius 3 is 2.29 bits per heavy atom. The van der Waals surface area contributed by atoms with Crippen LogP contribution in [0.5, 0.6) is 5.75 Å². The maximum atomic E-state index is 14.9. The monoisotopic (exact) mass is 630 g/mol. The number of rotatable bonds is 7. The molecule has 2 aliphatic heterocycles. The van der Waals surface area contributed by atoms with Gasteiger partial charge in [-0.15, -0.1) is 0 Å². The highest BCUT2D eigenvalue weighted by molar-refractivity contribution is 9.10. The predicted molar refractivity (Wildman–Crippen MR) is 169 cm³/mol. The molecule has 1 spiro atoms. The zero-order valence-electron chi connectivity index (χ0n) is 25.1. The maximum absolute atomic E-state index is 14.9. The van der Waals surface area contributed by atoms with E-state index >= 15 is 0 Å². The van der Waals surface area contributed by atoms with E-state index in [-0.39, 0.29) is 35.4 Å². The lowest BCUT2D eigenvalue weighted by Crippen LogP contribution is -2.56. The van der Waals surface area contributed by atoms with E-state index < -0.39 is 23.4 Å². The van der Waals surface area contributed by atoms with E-state index in [1.807, 2.05) is 86.3 Å². The van der Waals surface area contributed by atoms with Crippen LogP contribution in [0.4, 0.5) is 5.69 Å². The number of halogens is 1. The van der Waals surface area contributed by atoms with E-state index in [0.29, 0.717) is 29.0 Å². The summed E-state index contributed by atoms with van der Waals surface area (Å²) in [7, 11) is 1.62. The number of nitrogens with one attached hydrogen (secondary N) is 1. The Labute approximate surface area is 257 Å². The molecule has 3 aromatic carbocycles. The fraction of sp³-hybridized carbons (Fsp3) is 0.400. The van der Waals surface area contributed by atoms with Gasteiger partial charge in [-0.05, 0) is 53.6 Å². The molecular formula is C35H39BrN2O4. The van der Waals surface area contributed by atoms with Crippen molar-refractivity contribution < 1.29 is 19.1 Å². The van der Waals surface area contributed by atoms with Crippen molar-refractivity contribution >= 4 is 39.2 Å². The molecule has 0 aromatic heterocycles. The van der Waals surface area contributed by atoms with Crippen molar-refractivity contribution in [3.8, 4) is 5.75 Å². The number of nitrogens with zero attached hydrogens (tertiary/aromatic N) is 1. The van der Waals surface area contributed by atoms with Crippen LogP contribution >= 0.6 is 15.9 Å². The molecule has 3 aromatic rings. The molecule has 1 fully saturated rings. The standard InChI is InChI=1S/C35H39BrN2O4/c1-21(2)18-28-30(22-12-15-25(42-6)16-13-22)31(32(40)23-10-8-7-9-11-23)35(38(28)29(39)20-34(3,4)5)26-19-24(36)14-17-27(26)37-33(35)41/h7-17,19,21,28,30-31H,18,20H2,1-6H3,(H,37,41). The summed E-state index contributed by atoms with van der Waals surface area (Å²) in [6.07, 6.45) is 0.866. The van der Waals surface area contributed by atoms with Crippen LogP contribution < -0.4 is 10.1 Å². The lowest BCUT2D eigenvalue weighted by molar-refractivity contribution is -0.148. The van der Waals surface area contributed by atoms with E-state index in [9.17, 15) is 14.4 Å². The molecule has 2 heterocycles. The zero-order valence-corrected chi connectivity index (χ0v) is 26.7. The lowest BCUT2D eigenvalue weighted by atomic mass is 9.69. The van der Waals surface area contributed by atoms with Gasteiger partial charge in [0.15, 0.2) is 11.3 Å². The average molecular weight is 632 g/mol. The summed E-state index contributed by atoms with van der Waals surface area (Å²) in [6, 6.07) is 22.1. The molecule has 42 heavy (non-hydrogen) atoms. The van der Waals surface area contributed by atoms with Crippen molar-refractivity contribution in [2.45, 2.75) is 65.0 Å². The quantitative estimate of drug-likeness (QED) is 0.273. The summed E-state index contributed by atoms with van der Waals surface area (Å²) in [5, 5.41) is 3.08. The van der Waals surface area contributed by atoms with Gasteiger partial charge in [0.25, 0.3) is 5.91 Å². The molecular weight excluding hydrogens is 592 g/mol. The second-order valence-electron chi connectivity index (χ2n) is 13.1. The molecule has 5 rings (SSSR count). The number of benzene rings is 3. The molecule has 0 bridgehead atoms. The first-order valence-electron chi connectivity index (χ1n) is 14.6. The van der Waals surface area contributed by atoms with Gasteiger partial charge in [-0.3, -0.25) is 14.4 Å². The highest BCUT2D eigenvalue weighted by atomic mass is 79.9. The molecule has 6 nitrogen and oxygen atoms in total. The molecule has 2 amide bonds. The van der Waals surface area contributed by atoms with E-state index in [0.717, 1.165) is 10.0 Å². The Morgan fingerprint density at radius 1 is 1.02 bits per heavy atom. The van der Waals surface area contributed by atoms with Crippen molar-refractivity contribution in [2.24, 2.45) is 17.3 Å². The molecule has 7 heteroatoms. The SMILES string of the molecule is COc1ccc(C2C(CC(C)C)N(C(=O)CC(C)(C)C)C3(C(=O)Nc4ccc(Br)cc43)C2C(=O)c2ccccc2)cc1. The fourth-order valence-corrected chi connectivity index (χ4v) is 7.27. The Balaban J connectivity index is 1.87. The van der Waals surface area contributed by atoms with E-state index in [1.54, 1.807) is 19.2 Å². The number of carbonyl (C=O) groups is 3. The van der Waals surface area contributed by atoms with Gasteiger partial charge < -0.3 is 15.0 Å². The van der Waals surface area contributed by atoms with Crippen LogP contribution in [0.2, 0.25) is 0 Å². The topological polar surface area (TPSA) is 75.7 Å². The first-order chi connectivity index (χ1) is 19.9. The number of hydrogen-bond donors (Lipinski definition) is 1. The number of anilines is 1. The Hall–Kier alpha value is -3.45. The second-order valence-corrected chi connectivity index (χ2v) is 14.0. The number of ether oxygens (including phenoxy) is 1. The van der Waals surface area contributed by atoms with E-state index in [2.05, 4.69) is 35.1 Å². The minimum absolute atomic E-state index is 0.127. The molecule has 0 radical (unpaired) electrons. The zero-order chi connectivity index (χ0) is 30.4. The molecule has 220 valence electrons. The molecule has 1 N–H and O–H groups in total. The van der Waals surface area contributed by atoms with Gasteiger partial charge in [0.05, 0.1) is 13.0 Å². The summed E-state index contributed by atoms with van der Waals surface area (Å²) in [6.45, 7) is 10.3. The van der Waals surface area contributed by atoms with Gasteiger partial charge in [-0.25, -0.2) is 0 Å². The van der Waals surface area contributed by atoms with Gasteiger partial charge in [0, 0.05) is 39.7 Å². The van der Waals surface area contributed by atoms with Crippen molar-refractivity contribution in [1.29, 1.82) is 0 Å². The number of hydrogen-bond acceptors (Lipinski definition) is 4. The minimum atomic E-state index is -1.53. The van der Waals surface area contributed by atoms with Crippen LogP contribution in [-0.4, -0.2) is 35.6 Å². The summed E-state index contributed by atoms with van der Waals surface area (Å²) < 4.78 is 6.23. The van der Waals surface area contributed by atoms with Crippen molar-refractivity contribution in [3.05, 3.63) is 94.0 Å². The predicted octanol–water partition coefficient (Wildman–Crippen LogP) is 7.58. The third-order valence-electron chi connectivity index (χ3n) is 8.43. The van der Waals surface area contributed by atoms with Gasteiger partial charge >= 0.3 is 0 Å². The van der Waals surface area contributed by atoms with Gasteiger partial charge in [-0.1, -0.05) is 93.0 Å². The number of ketones is 1. The van der Waals surface area contributed by atoms with Gasteiger partial charge in [-0.2, -0.15) is 0 Å². The summed E-state index contributed by atoms with van der Waals surface area (Å²) in [5.41, 5.74) is 0.845. The molecule has 0 aliphatic carbocycles. The van der Waals surface area contributed by atoms with E-state index in [4.69, 9.17) is 4.74 Å². The van der Waals surface area contributed by atoms with Crippen LogP contribution in [-0.2, 0) is 15.1 Å². The lowest BCUT2D eigenvalue weighted by Gasteiger charge is -2.40. The van der Waals surface area contributed by atoms with Crippen LogP contribution in [0.25, 0.3) is 0 Å². The number of amides is 2. The third-order valence-corrected chi connectivity index (χ3v) is 8.92. The number of carbonyl (C=O) groups excluding carboxylic acids is 3. The first kappa shape index (κ1) is 30.0. The summed E-state index contributed by atoms with van der Waals surface area (Å²) in [4.78, 5) is 45.9. The third kappa shape index (κ3) is 5.17. The molecule has 1 saturated heterocycles. The number of methoxy groups -OCH3 is 1. The van der Waals surface area contributed by atoms with Gasteiger partial charge in [0.1, 0.15) is 5.75 Å². The maximum Gasteiger partial charge on any atom is 0.255 e. The Morgan fingerprint density at radius 2 is 1.69 bits per heavy atom. The molecule has 4 atom stereocenters. The highest BCUT2D eigenvalue weighted by Gasteiger charge is 2.70. The van der Waals surface area contributed by atoms with Crippen LogP contribution in [0.3, 0.4) is 0 Å². The number of Topliss-reactive ketones (excluding diaryl/α,β-unsaturated/α-hetero) is 1. The normalized spacial score (nSPS) is 23.3. The van der Waals surface area contributed by atoms with Crippen molar-refractivity contribution in [2.75, 3.05) is 12.4 Å².